The van der Waals surface area contributed by atoms with Gasteiger partial charge >= 0.3 is 0 Å². The SMILES string of the molecule is CC/C(=N/O)c1cc(C)c(-c2cc3cnc(NC(=O)[C@@H]4C[C@@H]4F)cc3n3ncnc23)cn1. The van der Waals surface area contributed by atoms with Crippen LogP contribution in [0.25, 0.3) is 27.7 Å². The molecule has 2 N–H and O–H groups in total. The van der Waals surface area contributed by atoms with Crippen LogP contribution in [0.5, 0.6) is 0 Å². The molecule has 9 nitrogen and oxygen atoms in total. The number of amides is 1. The smallest absolute Gasteiger partial charge is 0.231 e. The molecule has 0 aromatic carbocycles. The van der Waals surface area contributed by atoms with Crippen molar-refractivity contribution in [3.05, 3.63) is 48.2 Å². The lowest BCUT2D eigenvalue weighted by Crippen LogP contribution is -2.16. The Hall–Kier alpha value is -3.95. The molecule has 0 saturated heterocycles. The van der Waals surface area contributed by atoms with Crippen molar-refractivity contribution in [1.29, 1.82) is 0 Å². The van der Waals surface area contributed by atoms with E-state index in [-0.39, 0.29) is 12.3 Å². The third-order valence-electron chi connectivity index (χ3n) is 5.68. The fourth-order valence-corrected chi connectivity index (χ4v) is 3.79. The van der Waals surface area contributed by atoms with E-state index in [1.165, 1.54) is 6.33 Å². The van der Waals surface area contributed by atoms with Crippen LogP contribution in [0.1, 0.15) is 31.0 Å². The van der Waals surface area contributed by atoms with Gasteiger partial charge in [-0.05, 0) is 37.5 Å². The van der Waals surface area contributed by atoms with Gasteiger partial charge in [0.1, 0.15) is 24.0 Å². The molecule has 1 aliphatic carbocycles. The predicted molar refractivity (Wildman–Crippen MR) is 117 cm³/mol. The first-order chi connectivity index (χ1) is 15.5. The first-order valence-electron chi connectivity index (χ1n) is 10.3. The first kappa shape index (κ1) is 20.0. The quantitative estimate of drug-likeness (QED) is 0.282. The highest BCUT2D eigenvalue weighted by Crippen LogP contribution is 2.35. The fourth-order valence-electron chi connectivity index (χ4n) is 3.79. The van der Waals surface area contributed by atoms with Crippen LogP contribution in [0.2, 0.25) is 0 Å². The van der Waals surface area contributed by atoms with Crippen molar-refractivity contribution in [3.63, 3.8) is 0 Å². The van der Waals surface area contributed by atoms with E-state index < -0.39 is 12.1 Å². The second kappa shape index (κ2) is 7.63. The van der Waals surface area contributed by atoms with Crippen LogP contribution in [-0.4, -0.2) is 47.6 Å². The van der Waals surface area contributed by atoms with Gasteiger partial charge in [-0.15, -0.1) is 0 Å². The molecule has 4 aromatic rings. The number of pyridine rings is 3. The number of nitrogens with zero attached hydrogens (tertiary/aromatic N) is 6. The van der Waals surface area contributed by atoms with Crippen molar-refractivity contribution < 1.29 is 14.4 Å². The molecule has 1 aliphatic rings. The van der Waals surface area contributed by atoms with E-state index in [2.05, 4.69) is 30.5 Å². The average molecular weight is 433 g/mol. The molecule has 0 spiro atoms. The minimum absolute atomic E-state index is 0.256. The minimum Gasteiger partial charge on any atom is -0.411 e. The maximum absolute atomic E-state index is 13.2. The van der Waals surface area contributed by atoms with Crippen LogP contribution in [0, 0.1) is 12.8 Å². The molecule has 0 radical (unpaired) electrons. The molecule has 0 unspecified atom stereocenters. The Morgan fingerprint density at radius 3 is 2.75 bits per heavy atom. The van der Waals surface area contributed by atoms with Gasteiger partial charge in [0, 0.05) is 35.0 Å². The van der Waals surface area contributed by atoms with Gasteiger partial charge in [0.2, 0.25) is 5.91 Å². The Morgan fingerprint density at radius 2 is 2.06 bits per heavy atom. The lowest BCUT2D eigenvalue weighted by Gasteiger charge is -2.12. The number of aryl methyl sites for hydroxylation is 1. The fraction of sp³-hybridized carbons (Fsp3) is 0.273. The zero-order valence-corrected chi connectivity index (χ0v) is 17.4. The zero-order chi connectivity index (χ0) is 22.4. The molecule has 32 heavy (non-hydrogen) atoms. The summed E-state index contributed by atoms with van der Waals surface area (Å²) in [5.41, 5.74) is 5.08. The van der Waals surface area contributed by atoms with E-state index in [1.807, 2.05) is 26.0 Å². The molecule has 10 heteroatoms. The Bertz CT molecular complexity index is 1400. The van der Waals surface area contributed by atoms with Crippen LogP contribution >= 0.6 is 0 Å². The Balaban J connectivity index is 1.58. The van der Waals surface area contributed by atoms with Crippen molar-refractivity contribution in [2.24, 2.45) is 11.1 Å². The van der Waals surface area contributed by atoms with Crippen LogP contribution < -0.4 is 5.32 Å². The highest BCUT2D eigenvalue weighted by atomic mass is 19.1. The van der Waals surface area contributed by atoms with Gasteiger partial charge in [-0.25, -0.2) is 18.9 Å². The molecular weight excluding hydrogens is 413 g/mol. The van der Waals surface area contributed by atoms with E-state index in [0.717, 1.165) is 22.1 Å². The van der Waals surface area contributed by atoms with Crippen molar-refractivity contribution in [3.8, 4) is 11.1 Å². The molecule has 0 aliphatic heterocycles. The number of carbonyl (C=O) groups excluding carboxylic acids is 1. The lowest BCUT2D eigenvalue weighted by molar-refractivity contribution is -0.117. The number of hydrogen-bond acceptors (Lipinski definition) is 7. The Morgan fingerprint density at radius 1 is 1.25 bits per heavy atom. The van der Waals surface area contributed by atoms with E-state index in [9.17, 15) is 14.4 Å². The lowest BCUT2D eigenvalue weighted by atomic mass is 10.0. The van der Waals surface area contributed by atoms with Gasteiger partial charge in [-0.2, -0.15) is 5.10 Å². The molecular formula is C22H20FN7O2. The van der Waals surface area contributed by atoms with Crippen LogP contribution in [0.3, 0.4) is 0 Å². The number of fused-ring (bicyclic) bond motifs is 3. The van der Waals surface area contributed by atoms with Crippen molar-refractivity contribution in [2.75, 3.05) is 5.32 Å². The third kappa shape index (κ3) is 3.33. The molecule has 162 valence electrons. The maximum Gasteiger partial charge on any atom is 0.231 e. The summed E-state index contributed by atoms with van der Waals surface area (Å²) < 4.78 is 14.8. The van der Waals surface area contributed by atoms with E-state index in [4.69, 9.17) is 0 Å². The van der Waals surface area contributed by atoms with Gasteiger partial charge in [-0.3, -0.25) is 9.78 Å². The number of halogens is 1. The van der Waals surface area contributed by atoms with Gasteiger partial charge in [0.25, 0.3) is 0 Å². The summed E-state index contributed by atoms with van der Waals surface area (Å²) in [6, 6.07) is 5.52. The number of aromatic nitrogens is 5. The van der Waals surface area contributed by atoms with Crippen LogP contribution in [0.4, 0.5) is 10.2 Å². The number of anilines is 1. The summed E-state index contributed by atoms with van der Waals surface area (Å²) in [5.74, 6) is -0.622. The van der Waals surface area contributed by atoms with Crippen molar-refractivity contribution >= 4 is 34.0 Å². The van der Waals surface area contributed by atoms with E-state index >= 15 is 0 Å². The molecule has 1 saturated carbocycles. The molecule has 1 amide bonds. The second-order valence-electron chi connectivity index (χ2n) is 7.81. The second-order valence-corrected chi connectivity index (χ2v) is 7.81. The third-order valence-corrected chi connectivity index (χ3v) is 5.68. The number of rotatable bonds is 5. The van der Waals surface area contributed by atoms with Gasteiger partial charge in [-0.1, -0.05) is 12.1 Å². The summed E-state index contributed by atoms with van der Waals surface area (Å²) in [6.07, 6.45) is 4.57. The summed E-state index contributed by atoms with van der Waals surface area (Å²) >= 11 is 0. The summed E-state index contributed by atoms with van der Waals surface area (Å²) in [4.78, 5) is 25.3. The monoisotopic (exact) mass is 433 g/mol. The highest BCUT2D eigenvalue weighted by Gasteiger charge is 2.43. The van der Waals surface area contributed by atoms with Crippen molar-refractivity contribution in [2.45, 2.75) is 32.9 Å². The maximum atomic E-state index is 13.2. The predicted octanol–water partition coefficient (Wildman–Crippen LogP) is 3.53. The molecule has 5 rings (SSSR count). The summed E-state index contributed by atoms with van der Waals surface area (Å²) in [7, 11) is 0. The Labute approximate surface area is 182 Å². The Kier molecular flexibility index (Phi) is 4.76. The number of carbonyl (C=O) groups is 1. The number of oxime groups is 1. The van der Waals surface area contributed by atoms with Crippen LogP contribution in [0.15, 0.2) is 42.1 Å². The van der Waals surface area contributed by atoms with Gasteiger partial charge in [0.15, 0.2) is 5.65 Å². The largest absolute Gasteiger partial charge is 0.411 e. The number of hydrogen-bond donors (Lipinski definition) is 2. The van der Waals surface area contributed by atoms with Crippen molar-refractivity contribution in [1.82, 2.24) is 24.6 Å². The van der Waals surface area contributed by atoms with E-state index in [0.29, 0.717) is 34.8 Å². The molecule has 4 aromatic heterocycles. The van der Waals surface area contributed by atoms with Gasteiger partial charge in [0.05, 0.1) is 17.1 Å². The zero-order valence-electron chi connectivity index (χ0n) is 17.4. The number of nitrogens with one attached hydrogen (secondary N) is 1. The molecule has 2 atom stereocenters. The van der Waals surface area contributed by atoms with Crippen LogP contribution in [-0.2, 0) is 4.79 Å². The summed E-state index contributed by atoms with van der Waals surface area (Å²) in [6.45, 7) is 3.85. The first-order valence-corrected chi connectivity index (χ1v) is 10.3. The molecule has 1 fully saturated rings. The standard InChI is InChI=1S/C22H20FN7O2/c1-3-17(29-32)18-4-11(2)15(9-24-18)13-5-12-8-25-20(28-22(31)14-6-16(14)23)7-19(12)30-21(13)26-10-27-30/h4-5,7-10,14,16,32H,3,6H2,1-2H3,(H,25,28,31)/b29-17-/t14-,16+/m1/s1. The molecule has 0 bridgehead atoms. The van der Waals surface area contributed by atoms with Gasteiger partial charge < -0.3 is 10.5 Å². The topological polar surface area (TPSA) is 118 Å². The average Bonchev–Trinajstić information content (AvgIpc) is 3.31. The molecule has 4 heterocycles. The summed E-state index contributed by atoms with van der Waals surface area (Å²) in [5, 5.41) is 20.3. The minimum atomic E-state index is -1.07. The van der Waals surface area contributed by atoms with E-state index in [1.54, 1.807) is 23.0 Å². The highest BCUT2D eigenvalue weighted by molar-refractivity contribution is 6.00. The number of alkyl halides is 1. The normalized spacial score (nSPS) is 18.3.